The lowest BCUT2D eigenvalue weighted by molar-refractivity contribution is -0.117. The van der Waals surface area contributed by atoms with Crippen molar-refractivity contribution in [3.05, 3.63) is 47.0 Å². The number of aromatic amines is 1. The molecule has 0 spiro atoms. The summed E-state index contributed by atoms with van der Waals surface area (Å²) in [4.78, 5) is 39.9. The summed E-state index contributed by atoms with van der Waals surface area (Å²) in [6.07, 6.45) is -0.821. The number of esters is 1. The fraction of sp³-hybridized carbons (Fsp3) is 0.316. The van der Waals surface area contributed by atoms with Crippen LogP contribution in [0.3, 0.4) is 0 Å². The number of nitrogens with one attached hydrogen (secondary N) is 2. The summed E-state index contributed by atoms with van der Waals surface area (Å²) in [6.45, 7) is 4.72. The molecule has 1 heterocycles. The van der Waals surface area contributed by atoms with Crippen LogP contribution >= 0.6 is 0 Å². The van der Waals surface area contributed by atoms with E-state index in [0.717, 1.165) is 0 Å². The Labute approximate surface area is 155 Å². The maximum atomic E-state index is 13.3. The smallest absolute Gasteiger partial charge is 0.340 e. The van der Waals surface area contributed by atoms with E-state index in [0.29, 0.717) is 11.3 Å². The van der Waals surface area contributed by atoms with Gasteiger partial charge in [-0.3, -0.25) is 9.59 Å². The van der Waals surface area contributed by atoms with E-state index in [-0.39, 0.29) is 30.0 Å². The maximum absolute atomic E-state index is 13.3. The van der Waals surface area contributed by atoms with Gasteiger partial charge >= 0.3 is 5.97 Å². The molecule has 0 saturated carbocycles. The van der Waals surface area contributed by atoms with Gasteiger partial charge in [-0.25, -0.2) is 9.18 Å². The molecule has 2 aromatic rings. The zero-order valence-corrected chi connectivity index (χ0v) is 15.3. The number of aryl methyl sites for hydroxylation is 1. The molecule has 0 bridgehead atoms. The van der Waals surface area contributed by atoms with E-state index in [1.807, 2.05) is 0 Å². The first-order valence-electron chi connectivity index (χ1n) is 8.42. The highest BCUT2D eigenvalue weighted by Gasteiger charge is 2.29. The summed E-state index contributed by atoms with van der Waals surface area (Å²) in [5, 5.41) is 11.6. The van der Waals surface area contributed by atoms with Crippen molar-refractivity contribution in [3.63, 3.8) is 0 Å². The van der Waals surface area contributed by atoms with Crippen molar-refractivity contribution in [2.75, 3.05) is 13.2 Å². The maximum Gasteiger partial charge on any atom is 0.340 e. The number of hydrogen-bond acceptors (Lipinski definition) is 5. The molecule has 0 fully saturated rings. The Hall–Kier alpha value is -3.00. The molecule has 7 nitrogen and oxygen atoms in total. The van der Waals surface area contributed by atoms with E-state index in [1.54, 1.807) is 13.8 Å². The van der Waals surface area contributed by atoms with Gasteiger partial charge in [0.1, 0.15) is 11.5 Å². The third-order valence-corrected chi connectivity index (χ3v) is 3.79. The number of aliphatic hydroxyl groups excluding tert-OH is 1. The third kappa shape index (κ3) is 4.59. The average Bonchev–Trinajstić information content (AvgIpc) is 2.97. The fourth-order valence-electron chi connectivity index (χ4n) is 2.59. The van der Waals surface area contributed by atoms with Crippen molar-refractivity contribution >= 4 is 17.7 Å². The highest BCUT2D eigenvalue weighted by Crippen LogP contribution is 2.31. The third-order valence-electron chi connectivity index (χ3n) is 3.79. The zero-order valence-electron chi connectivity index (χ0n) is 15.3. The molecule has 0 aliphatic rings. The van der Waals surface area contributed by atoms with Crippen LogP contribution in [-0.2, 0) is 9.53 Å². The number of rotatable bonds is 7. The minimum atomic E-state index is -0.934. The van der Waals surface area contributed by atoms with Crippen LogP contribution < -0.4 is 5.32 Å². The van der Waals surface area contributed by atoms with Gasteiger partial charge in [-0.1, -0.05) is 12.1 Å². The SMILES string of the molecule is CCOC(=O)c1c(C)[nH]c(C(=O)C(=O)NC[C@@H](C)O)c1-c1ccc(F)cc1. The molecule has 0 aliphatic carbocycles. The van der Waals surface area contributed by atoms with Gasteiger partial charge in [-0.2, -0.15) is 0 Å². The molecule has 144 valence electrons. The summed E-state index contributed by atoms with van der Waals surface area (Å²) in [7, 11) is 0. The Bertz CT molecular complexity index is 856. The van der Waals surface area contributed by atoms with Crippen LogP contribution in [0.25, 0.3) is 11.1 Å². The Balaban J connectivity index is 2.55. The second-order valence-electron chi connectivity index (χ2n) is 5.99. The lowest BCUT2D eigenvalue weighted by Gasteiger charge is -2.09. The molecule has 8 heteroatoms. The molecule has 0 radical (unpaired) electrons. The van der Waals surface area contributed by atoms with Crippen LogP contribution in [-0.4, -0.2) is 47.0 Å². The minimum absolute atomic E-state index is 0.0964. The molecule has 0 aliphatic heterocycles. The second-order valence-corrected chi connectivity index (χ2v) is 5.99. The number of ether oxygens (including phenoxy) is 1. The zero-order chi connectivity index (χ0) is 20.1. The predicted molar refractivity (Wildman–Crippen MR) is 95.9 cm³/mol. The van der Waals surface area contributed by atoms with Crippen molar-refractivity contribution in [1.82, 2.24) is 10.3 Å². The lowest BCUT2D eigenvalue weighted by Crippen LogP contribution is -2.36. The second kappa shape index (κ2) is 8.59. The number of carbonyl (C=O) groups excluding carboxylic acids is 3. The Kier molecular flexibility index (Phi) is 6.46. The monoisotopic (exact) mass is 376 g/mol. The first-order valence-corrected chi connectivity index (χ1v) is 8.42. The first-order chi connectivity index (χ1) is 12.8. The van der Waals surface area contributed by atoms with Gasteiger partial charge in [0.25, 0.3) is 11.7 Å². The van der Waals surface area contributed by atoms with E-state index in [4.69, 9.17) is 4.74 Å². The average molecular weight is 376 g/mol. The number of ketones is 1. The number of benzene rings is 1. The Morgan fingerprint density at radius 2 is 1.89 bits per heavy atom. The number of aromatic nitrogens is 1. The van der Waals surface area contributed by atoms with E-state index >= 15 is 0 Å². The number of Topliss-reactive ketones (excluding diaryl/α,β-unsaturated/α-hetero) is 1. The summed E-state index contributed by atoms with van der Waals surface area (Å²) >= 11 is 0. The molecule has 3 N–H and O–H groups in total. The van der Waals surface area contributed by atoms with Gasteiger partial charge in [0.05, 0.1) is 18.3 Å². The minimum Gasteiger partial charge on any atom is -0.462 e. The number of hydrogen-bond donors (Lipinski definition) is 3. The van der Waals surface area contributed by atoms with Crippen LogP contribution in [0.15, 0.2) is 24.3 Å². The largest absolute Gasteiger partial charge is 0.462 e. The molecule has 1 aromatic carbocycles. The lowest BCUT2D eigenvalue weighted by atomic mass is 9.98. The number of carbonyl (C=O) groups is 3. The van der Waals surface area contributed by atoms with Gasteiger partial charge in [0.15, 0.2) is 0 Å². The molecule has 1 aromatic heterocycles. The van der Waals surface area contributed by atoms with Crippen LogP contribution in [0.4, 0.5) is 4.39 Å². The van der Waals surface area contributed by atoms with Gasteiger partial charge in [0, 0.05) is 17.8 Å². The number of amides is 1. The molecule has 2 rings (SSSR count). The number of halogens is 1. The molecule has 27 heavy (non-hydrogen) atoms. The number of H-pyrrole nitrogens is 1. The van der Waals surface area contributed by atoms with E-state index in [2.05, 4.69) is 10.3 Å². The summed E-state index contributed by atoms with van der Waals surface area (Å²) in [5.74, 6) is -2.98. The van der Waals surface area contributed by atoms with Gasteiger partial charge in [-0.05, 0) is 38.5 Å². The van der Waals surface area contributed by atoms with Crippen molar-refractivity contribution < 1.29 is 28.6 Å². The van der Waals surface area contributed by atoms with Crippen molar-refractivity contribution in [1.29, 1.82) is 0 Å². The predicted octanol–water partition coefficient (Wildman–Crippen LogP) is 1.99. The van der Waals surface area contributed by atoms with Crippen LogP contribution in [0.2, 0.25) is 0 Å². The standard InChI is InChI=1S/C19H21FN2O5/c1-4-27-19(26)14-11(3)22-16(17(24)18(25)21-9-10(2)23)15(14)12-5-7-13(20)8-6-12/h5-8,10,22-23H,4,9H2,1-3H3,(H,21,25)/t10-/m1/s1. The van der Waals surface area contributed by atoms with Crippen LogP contribution in [0.1, 0.15) is 40.4 Å². The van der Waals surface area contributed by atoms with Crippen molar-refractivity contribution in [3.8, 4) is 11.1 Å². The van der Waals surface area contributed by atoms with E-state index < -0.39 is 29.6 Å². The Morgan fingerprint density at radius 1 is 1.26 bits per heavy atom. The van der Waals surface area contributed by atoms with Gasteiger partial charge in [0.2, 0.25) is 0 Å². The fourth-order valence-corrected chi connectivity index (χ4v) is 2.59. The summed E-state index contributed by atoms with van der Waals surface area (Å²) in [5.41, 5.74) is 0.901. The molecule has 0 unspecified atom stereocenters. The molecular weight excluding hydrogens is 355 g/mol. The Morgan fingerprint density at radius 3 is 2.44 bits per heavy atom. The van der Waals surface area contributed by atoms with Gasteiger partial charge < -0.3 is 20.1 Å². The first kappa shape index (κ1) is 20.3. The van der Waals surface area contributed by atoms with E-state index in [9.17, 15) is 23.9 Å². The topological polar surface area (TPSA) is 108 Å². The van der Waals surface area contributed by atoms with Gasteiger partial charge in [-0.15, -0.1) is 0 Å². The van der Waals surface area contributed by atoms with Crippen molar-refractivity contribution in [2.24, 2.45) is 0 Å². The van der Waals surface area contributed by atoms with E-state index in [1.165, 1.54) is 31.2 Å². The quantitative estimate of drug-likeness (QED) is 0.389. The highest BCUT2D eigenvalue weighted by atomic mass is 19.1. The normalized spacial score (nSPS) is 11.7. The van der Waals surface area contributed by atoms with Crippen molar-refractivity contribution in [2.45, 2.75) is 26.9 Å². The molecular formula is C19H21FN2O5. The van der Waals surface area contributed by atoms with Crippen LogP contribution in [0, 0.1) is 12.7 Å². The summed E-state index contributed by atoms with van der Waals surface area (Å²) < 4.78 is 18.3. The molecule has 1 atom stereocenters. The molecule has 0 saturated heterocycles. The number of aliphatic hydroxyl groups is 1. The highest BCUT2D eigenvalue weighted by molar-refractivity contribution is 6.43. The van der Waals surface area contributed by atoms with Crippen LogP contribution in [0.5, 0.6) is 0 Å². The molecule has 1 amide bonds. The summed E-state index contributed by atoms with van der Waals surface area (Å²) in [6, 6.07) is 5.19.